The van der Waals surface area contributed by atoms with Crippen LogP contribution in [0.2, 0.25) is 0 Å². The molecule has 4 unspecified atom stereocenters. The van der Waals surface area contributed by atoms with Crippen LogP contribution in [0.5, 0.6) is 5.75 Å². The third kappa shape index (κ3) is 4.68. The van der Waals surface area contributed by atoms with E-state index in [9.17, 15) is 0 Å². The van der Waals surface area contributed by atoms with Crippen LogP contribution in [0.1, 0.15) is 84.7 Å². The molecule has 7 heterocycles. The van der Waals surface area contributed by atoms with Crippen LogP contribution in [0.25, 0.3) is 44.7 Å². The normalized spacial score (nSPS) is 23.7. The maximum atomic E-state index is 16.4. The van der Waals surface area contributed by atoms with Gasteiger partial charge < -0.3 is 25.3 Å². The minimum absolute atomic E-state index is 0.190. The van der Waals surface area contributed by atoms with Crippen molar-refractivity contribution >= 4 is 22.2 Å². The Bertz CT molecular complexity index is 2150. The van der Waals surface area contributed by atoms with Gasteiger partial charge >= 0.3 is 0 Å². The monoisotopic (exact) mass is 645 g/mol. The zero-order valence-electron chi connectivity index (χ0n) is 26.1. The fourth-order valence-corrected chi connectivity index (χ4v) is 8.93. The highest BCUT2D eigenvalue weighted by Gasteiger charge is 2.34. The number of nitrogens with one attached hydrogen (secondary N) is 4. The molecule has 1 saturated carbocycles. The van der Waals surface area contributed by atoms with Gasteiger partial charge in [-0.1, -0.05) is 13.0 Å². The second-order valence-electron chi connectivity index (χ2n) is 13.8. The Morgan fingerprint density at radius 1 is 0.872 bits per heavy atom. The smallest absolute Gasteiger partial charge is 0.212 e. The first-order valence-corrected chi connectivity index (χ1v) is 17.7. The molecule has 4 N–H and O–H groups in total. The molecule has 0 spiro atoms. The Hall–Kier alpha value is -4.25. The van der Waals surface area contributed by atoms with Gasteiger partial charge in [0, 0.05) is 21.4 Å². The number of halogens is 1. The highest BCUT2D eigenvalue weighted by atomic mass is 32.1. The average molecular weight is 646 g/mol. The summed E-state index contributed by atoms with van der Waals surface area (Å²) < 4.78 is 25.4. The van der Waals surface area contributed by atoms with E-state index in [-0.39, 0.29) is 17.9 Å². The fraction of sp³-hybridized carbons (Fsp3) is 0.351. The van der Waals surface area contributed by atoms with Crippen molar-refractivity contribution < 1.29 is 9.13 Å². The van der Waals surface area contributed by atoms with Crippen LogP contribution in [0.4, 0.5) is 4.39 Å². The van der Waals surface area contributed by atoms with Gasteiger partial charge in [-0.15, -0.1) is 11.3 Å². The number of aromatic amines is 2. The molecule has 0 bridgehead atoms. The molecule has 6 aromatic rings. The average Bonchev–Trinajstić information content (AvgIpc) is 3.78. The molecular weight excluding hydrogens is 610 g/mol. The molecule has 0 radical (unpaired) electrons. The topological polar surface area (TPSA) is 95.6 Å². The Labute approximate surface area is 275 Å². The lowest BCUT2D eigenvalue weighted by Gasteiger charge is -2.30. The first-order valence-electron chi connectivity index (χ1n) is 16.9. The van der Waals surface area contributed by atoms with Crippen LogP contribution in [0, 0.1) is 11.7 Å². The second-order valence-corrected chi connectivity index (χ2v) is 15.0. The molecule has 4 atom stereocenters. The molecule has 4 aliphatic rings. The Kier molecular flexibility index (Phi) is 6.29. The molecule has 4 aromatic heterocycles. The van der Waals surface area contributed by atoms with Crippen molar-refractivity contribution in [2.75, 3.05) is 13.1 Å². The van der Waals surface area contributed by atoms with Crippen molar-refractivity contribution in [1.29, 1.82) is 0 Å². The number of hydrogen-bond donors (Lipinski definition) is 4. The molecular formula is C37H36FN7OS. The second kappa shape index (κ2) is 10.6. The highest BCUT2D eigenvalue weighted by Crippen LogP contribution is 2.50. The Balaban J connectivity index is 1.07. The molecule has 238 valence electrons. The molecule has 2 saturated heterocycles. The van der Waals surface area contributed by atoms with E-state index < -0.39 is 6.23 Å². The maximum absolute atomic E-state index is 16.4. The number of hydrogen-bond acceptors (Lipinski definition) is 6. The summed E-state index contributed by atoms with van der Waals surface area (Å²) in [5.41, 5.74) is 5.88. The molecule has 47 heavy (non-hydrogen) atoms. The summed E-state index contributed by atoms with van der Waals surface area (Å²) in [7, 11) is 0. The van der Waals surface area contributed by atoms with Gasteiger partial charge in [-0.3, -0.25) is 4.57 Å². The minimum atomic E-state index is -0.401. The quantitative estimate of drug-likeness (QED) is 0.147. The number of imidazole rings is 2. The number of H-pyrrole nitrogens is 2. The zero-order chi connectivity index (χ0) is 31.2. The molecule has 3 fully saturated rings. The number of nitrogens with zero attached hydrogens (tertiary/aromatic N) is 3. The van der Waals surface area contributed by atoms with Crippen LogP contribution in [0.3, 0.4) is 0 Å². The molecule has 8 nitrogen and oxygen atoms in total. The number of ether oxygens (including phenoxy) is 1. The van der Waals surface area contributed by atoms with E-state index in [1.165, 1.54) is 17.7 Å². The molecule has 10 rings (SSSR count). The zero-order valence-corrected chi connectivity index (χ0v) is 27.0. The van der Waals surface area contributed by atoms with Gasteiger partial charge in [0.2, 0.25) is 6.23 Å². The third-order valence-corrected chi connectivity index (χ3v) is 11.7. The van der Waals surface area contributed by atoms with Crippen LogP contribution in [0.15, 0.2) is 60.9 Å². The summed E-state index contributed by atoms with van der Waals surface area (Å²) in [6, 6.07) is 17.0. The largest absolute Gasteiger partial charge is 0.464 e. The number of benzene rings is 2. The first-order chi connectivity index (χ1) is 23.1. The van der Waals surface area contributed by atoms with Gasteiger partial charge in [-0.25, -0.2) is 14.4 Å². The van der Waals surface area contributed by atoms with Crippen molar-refractivity contribution in [3.05, 3.63) is 88.1 Å². The Morgan fingerprint density at radius 3 is 2.45 bits per heavy atom. The van der Waals surface area contributed by atoms with Crippen LogP contribution >= 0.6 is 11.3 Å². The van der Waals surface area contributed by atoms with Crippen LogP contribution in [-0.2, 0) is 0 Å². The van der Waals surface area contributed by atoms with E-state index in [0.717, 1.165) is 88.0 Å². The minimum Gasteiger partial charge on any atom is -0.464 e. The van der Waals surface area contributed by atoms with Gasteiger partial charge in [0.1, 0.15) is 23.2 Å². The highest BCUT2D eigenvalue weighted by molar-refractivity contribution is 7.12. The summed E-state index contributed by atoms with van der Waals surface area (Å²) in [5.74, 6) is 3.38. The summed E-state index contributed by atoms with van der Waals surface area (Å²) in [6.45, 7) is 4.25. The SMILES string of the molecule is CC1CNC(c2ncc(-c3cc(F)c4c(c3)OC(c3ccc(C5CC5)s3)n3c-4cc4cc(-c5cnc(C6CCCN6)[nH]5)ccc43)[nH]2)C1. The lowest BCUT2D eigenvalue weighted by Crippen LogP contribution is -2.22. The Morgan fingerprint density at radius 2 is 1.68 bits per heavy atom. The summed E-state index contributed by atoms with van der Waals surface area (Å²) >= 11 is 1.82. The van der Waals surface area contributed by atoms with Crippen molar-refractivity contribution in [1.82, 2.24) is 35.1 Å². The number of aromatic nitrogens is 5. The number of rotatable bonds is 6. The summed E-state index contributed by atoms with van der Waals surface area (Å²) in [4.78, 5) is 18.9. The molecule has 1 aliphatic carbocycles. The van der Waals surface area contributed by atoms with Crippen molar-refractivity contribution in [2.45, 2.75) is 63.3 Å². The van der Waals surface area contributed by atoms with E-state index >= 15 is 4.39 Å². The van der Waals surface area contributed by atoms with Crippen molar-refractivity contribution in [3.63, 3.8) is 0 Å². The number of fused-ring (bicyclic) bond motifs is 5. The molecule has 0 amide bonds. The lowest BCUT2D eigenvalue weighted by molar-refractivity contribution is 0.176. The van der Waals surface area contributed by atoms with E-state index in [1.54, 1.807) is 6.07 Å². The van der Waals surface area contributed by atoms with E-state index in [1.807, 2.05) is 29.8 Å². The van der Waals surface area contributed by atoms with E-state index in [2.05, 4.69) is 73.5 Å². The molecule has 3 aliphatic heterocycles. The van der Waals surface area contributed by atoms with Crippen LogP contribution < -0.4 is 15.4 Å². The summed E-state index contributed by atoms with van der Waals surface area (Å²) in [5, 5.41) is 8.10. The fourth-order valence-electron chi connectivity index (χ4n) is 7.73. The summed E-state index contributed by atoms with van der Waals surface area (Å²) in [6.07, 6.45) is 9.12. The van der Waals surface area contributed by atoms with Crippen molar-refractivity contribution in [2.24, 2.45) is 5.92 Å². The van der Waals surface area contributed by atoms with E-state index in [4.69, 9.17) is 9.72 Å². The maximum Gasteiger partial charge on any atom is 0.212 e. The van der Waals surface area contributed by atoms with Crippen LogP contribution in [-0.4, -0.2) is 37.6 Å². The van der Waals surface area contributed by atoms with Gasteiger partial charge in [-0.05, 0) is 99.5 Å². The van der Waals surface area contributed by atoms with Gasteiger partial charge in [-0.2, -0.15) is 0 Å². The molecule has 2 aromatic carbocycles. The standard InChI is InChI=1S/C37H36FN7OS/c1-19-11-26(40-16-19)36-42-18-28(44-36)22-13-24(38)34-30-14-23-12-21(27-17-41-35(43-27)25-3-2-10-39-25)6-7-29(23)45(30)37(46-31(34)15-22)33-9-8-32(47-33)20-4-5-20/h6-9,12-15,17-20,25-26,37,39-40H,2-5,10-11,16H2,1H3,(H,41,43)(H,42,44). The first kappa shape index (κ1) is 27.8. The van der Waals surface area contributed by atoms with E-state index in [0.29, 0.717) is 23.1 Å². The molecule has 10 heteroatoms. The van der Waals surface area contributed by atoms with Crippen molar-refractivity contribution in [3.8, 4) is 39.5 Å². The van der Waals surface area contributed by atoms with Gasteiger partial charge in [0.15, 0.2) is 0 Å². The third-order valence-electron chi connectivity index (χ3n) is 10.4. The predicted molar refractivity (Wildman–Crippen MR) is 182 cm³/mol. The van der Waals surface area contributed by atoms with Gasteiger partial charge in [0.25, 0.3) is 0 Å². The lowest BCUT2D eigenvalue weighted by atomic mass is 10.0. The van der Waals surface area contributed by atoms with Gasteiger partial charge in [0.05, 0.1) is 57.5 Å². The predicted octanol–water partition coefficient (Wildman–Crippen LogP) is 8.20. The number of thiophene rings is 1.